The standard InChI is InChI=1S/C11H14NO2/c13-11(14)12-10-8-2-6-1-7(4-8)5-9(10)3-6/h6-8,12H,1-5H2. The molecule has 4 rings (SSSR count). The molecule has 0 aromatic heterocycles. The average Bonchev–Trinajstić information content (AvgIpc) is 2.09. The van der Waals surface area contributed by atoms with Crippen LogP contribution in [-0.4, -0.2) is 6.09 Å². The second-order valence-electron chi connectivity index (χ2n) is 4.97. The summed E-state index contributed by atoms with van der Waals surface area (Å²) in [6.07, 6.45) is 4.87. The number of hydrogen-bond acceptors (Lipinski definition) is 1. The van der Waals surface area contributed by atoms with E-state index in [9.17, 15) is 9.90 Å². The van der Waals surface area contributed by atoms with Crippen molar-refractivity contribution < 1.29 is 9.90 Å². The second-order valence-corrected chi connectivity index (χ2v) is 4.97. The first-order valence-electron chi connectivity index (χ1n) is 5.42. The largest absolute Gasteiger partial charge is 0.454 e. The van der Waals surface area contributed by atoms with Crippen LogP contribution in [0.4, 0.5) is 4.79 Å². The minimum atomic E-state index is -1.14. The van der Waals surface area contributed by atoms with Crippen molar-refractivity contribution in [3.63, 3.8) is 0 Å². The number of carbonyl (C=O) groups is 1. The summed E-state index contributed by atoms with van der Waals surface area (Å²) in [6, 6.07) is 0. The van der Waals surface area contributed by atoms with Gasteiger partial charge in [0, 0.05) is 5.70 Å². The number of nitrogens with one attached hydrogen (secondary N) is 1. The summed E-state index contributed by atoms with van der Waals surface area (Å²) in [4.78, 5) is 10.5. The van der Waals surface area contributed by atoms with Gasteiger partial charge in [0.15, 0.2) is 0 Å². The summed E-state index contributed by atoms with van der Waals surface area (Å²) in [5.74, 6) is 2.18. The van der Waals surface area contributed by atoms with Crippen LogP contribution in [0.3, 0.4) is 0 Å². The summed E-state index contributed by atoms with van der Waals surface area (Å²) < 4.78 is 0. The van der Waals surface area contributed by atoms with E-state index in [1.165, 1.54) is 24.8 Å². The molecule has 1 radical (unpaired) electrons. The van der Waals surface area contributed by atoms with Gasteiger partial charge in [-0.25, -0.2) is 9.90 Å². The quantitative estimate of drug-likeness (QED) is 0.680. The maximum atomic E-state index is 10.5. The highest BCUT2D eigenvalue weighted by Crippen LogP contribution is 2.52. The highest BCUT2D eigenvalue weighted by Gasteiger charge is 2.42. The van der Waals surface area contributed by atoms with Gasteiger partial charge in [-0.3, -0.25) is 5.32 Å². The molecule has 0 aliphatic heterocycles. The monoisotopic (exact) mass is 192 g/mol. The topological polar surface area (TPSA) is 49.0 Å². The molecular weight excluding hydrogens is 178 g/mol. The second kappa shape index (κ2) is 2.75. The number of rotatable bonds is 1. The van der Waals surface area contributed by atoms with Gasteiger partial charge in [-0.15, -0.1) is 0 Å². The van der Waals surface area contributed by atoms with Crippen molar-refractivity contribution in [1.29, 1.82) is 0 Å². The number of hydrogen-bond donors (Lipinski definition) is 1. The SMILES string of the molecule is [O]C(=O)NC1=C2CC3CC(C2)CC1C3. The summed E-state index contributed by atoms with van der Waals surface area (Å²) >= 11 is 0. The van der Waals surface area contributed by atoms with Crippen LogP contribution in [0.15, 0.2) is 11.3 Å². The third-order valence-corrected chi connectivity index (χ3v) is 4.00. The maximum Gasteiger partial charge on any atom is 0.454 e. The van der Waals surface area contributed by atoms with Crippen LogP contribution >= 0.6 is 0 Å². The van der Waals surface area contributed by atoms with E-state index in [2.05, 4.69) is 5.32 Å². The van der Waals surface area contributed by atoms with Crippen molar-refractivity contribution >= 4 is 6.09 Å². The van der Waals surface area contributed by atoms with Crippen LogP contribution in [0.25, 0.3) is 0 Å². The first-order valence-corrected chi connectivity index (χ1v) is 5.42. The lowest BCUT2D eigenvalue weighted by Gasteiger charge is -2.47. The van der Waals surface area contributed by atoms with Crippen molar-refractivity contribution in [1.82, 2.24) is 5.32 Å². The molecule has 1 N–H and O–H groups in total. The highest BCUT2D eigenvalue weighted by molar-refractivity contribution is 5.67. The molecule has 4 aliphatic rings. The fourth-order valence-corrected chi connectivity index (χ4v) is 3.72. The third-order valence-electron chi connectivity index (χ3n) is 4.00. The molecule has 2 atom stereocenters. The van der Waals surface area contributed by atoms with Crippen molar-refractivity contribution in [3.05, 3.63) is 11.3 Å². The van der Waals surface area contributed by atoms with E-state index in [1.807, 2.05) is 0 Å². The molecular formula is C11H14NO2. The molecule has 0 aromatic rings. The third kappa shape index (κ3) is 1.15. The van der Waals surface area contributed by atoms with Gasteiger partial charge in [-0.05, 0) is 55.4 Å². The Bertz CT molecular complexity index is 305. The normalized spacial score (nSPS) is 39.0. The van der Waals surface area contributed by atoms with Gasteiger partial charge in [0.1, 0.15) is 0 Å². The molecule has 2 unspecified atom stereocenters. The van der Waals surface area contributed by atoms with Gasteiger partial charge in [0.2, 0.25) is 0 Å². The van der Waals surface area contributed by atoms with E-state index in [0.29, 0.717) is 5.92 Å². The summed E-state index contributed by atoms with van der Waals surface area (Å²) in [7, 11) is 0. The zero-order valence-electron chi connectivity index (χ0n) is 8.08. The first kappa shape index (κ1) is 8.33. The van der Waals surface area contributed by atoms with Gasteiger partial charge < -0.3 is 0 Å². The molecule has 14 heavy (non-hydrogen) atoms. The lowest BCUT2D eigenvalue weighted by atomic mass is 9.60. The minimum absolute atomic E-state index is 0.495. The van der Waals surface area contributed by atoms with Gasteiger partial charge >= 0.3 is 6.09 Å². The molecule has 3 heteroatoms. The van der Waals surface area contributed by atoms with E-state index in [0.717, 1.165) is 30.4 Å². The van der Waals surface area contributed by atoms with Crippen molar-refractivity contribution in [2.75, 3.05) is 0 Å². The van der Waals surface area contributed by atoms with Crippen molar-refractivity contribution in [2.45, 2.75) is 32.1 Å². The van der Waals surface area contributed by atoms with Crippen molar-refractivity contribution in [3.8, 4) is 0 Å². The molecule has 1 amide bonds. The Hall–Kier alpha value is -0.990. The number of carbonyl (C=O) groups excluding carboxylic acids is 1. The molecule has 4 bridgehead atoms. The van der Waals surface area contributed by atoms with Crippen LogP contribution in [-0.2, 0) is 5.11 Å². The van der Waals surface area contributed by atoms with Gasteiger partial charge in [-0.2, -0.15) is 0 Å². The van der Waals surface area contributed by atoms with Crippen molar-refractivity contribution in [2.24, 2.45) is 17.8 Å². The minimum Gasteiger partial charge on any atom is -0.292 e. The molecule has 0 aromatic carbocycles. The fraction of sp³-hybridized carbons (Fsp3) is 0.727. The van der Waals surface area contributed by atoms with Crippen LogP contribution in [0.2, 0.25) is 0 Å². The molecule has 0 spiro atoms. The Kier molecular flexibility index (Phi) is 1.64. The first-order chi connectivity index (χ1) is 6.72. The number of amides is 1. The van der Waals surface area contributed by atoms with Gasteiger partial charge in [-0.1, -0.05) is 0 Å². The lowest BCUT2D eigenvalue weighted by molar-refractivity contribution is 0.139. The van der Waals surface area contributed by atoms with Crippen LogP contribution in [0.1, 0.15) is 32.1 Å². The van der Waals surface area contributed by atoms with E-state index >= 15 is 0 Å². The van der Waals surface area contributed by atoms with E-state index in [1.54, 1.807) is 0 Å². The van der Waals surface area contributed by atoms with Gasteiger partial charge in [0.25, 0.3) is 0 Å². The molecule has 75 valence electrons. The van der Waals surface area contributed by atoms with E-state index in [-0.39, 0.29) is 0 Å². The summed E-state index contributed by atoms with van der Waals surface area (Å²) in [6.45, 7) is 0. The predicted octanol–water partition coefficient (Wildman–Crippen LogP) is 2.22. The molecule has 2 fully saturated rings. The molecule has 2 saturated carbocycles. The zero-order valence-corrected chi connectivity index (χ0v) is 8.08. The average molecular weight is 192 g/mol. The summed E-state index contributed by atoms with van der Waals surface area (Å²) in [5, 5.41) is 13.0. The Morgan fingerprint density at radius 3 is 2.29 bits per heavy atom. The molecule has 4 aliphatic carbocycles. The van der Waals surface area contributed by atoms with E-state index < -0.39 is 6.09 Å². The Morgan fingerprint density at radius 1 is 1.14 bits per heavy atom. The summed E-state index contributed by atoms with van der Waals surface area (Å²) in [5.41, 5.74) is 2.37. The lowest BCUT2D eigenvalue weighted by Crippen LogP contribution is -2.40. The predicted molar refractivity (Wildman–Crippen MR) is 49.8 cm³/mol. The molecule has 0 heterocycles. The Morgan fingerprint density at radius 2 is 1.79 bits per heavy atom. The maximum absolute atomic E-state index is 10.5. The fourth-order valence-electron chi connectivity index (χ4n) is 3.72. The molecule has 0 saturated heterocycles. The smallest absolute Gasteiger partial charge is 0.292 e. The number of allylic oxidation sites excluding steroid dienone is 2. The van der Waals surface area contributed by atoms with Crippen LogP contribution in [0, 0.1) is 17.8 Å². The van der Waals surface area contributed by atoms with Crippen LogP contribution in [0.5, 0.6) is 0 Å². The van der Waals surface area contributed by atoms with E-state index in [4.69, 9.17) is 0 Å². The zero-order chi connectivity index (χ0) is 9.71. The molecule has 3 nitrogen and oxygen atoms in total. The Labute approximate surface area is 83.2 Å². The Balaban J connectivity index is 1.92. The van der Waals surface area contributed by atoms with Gasteiger partial charge in [0.05, 0.1) is 0 Å². The highest BCUT2D eigenvalue weighted by atomic mass is 16.4. The van der Waals surface area contributed by atoms with Crippen LogP contribution < -0.4 is 5.32 Å².